The van der Waals surface area contributed by atoms with E-state index in [-0.39, 0.29) is 23.6 Å². The molecule has 0 fully saturated rings. The Bertz CT molecular complexity index is 2150. The molecular formula is C93H206N16O16W6. The van der Waals surface area contributed by atoms with Gasteiger partial charge in [0.25, 0.3) is 0 Å². The van der Waals surface area contributed by atoms with Gasteiger partial charge in [0.15, 0.2) is 0 Å². The van der Waals surface area contributed by atoms with Gasteiger partial charge in [0.1, 0.15) is 0 Å². The summed E-state index contributed by atoms with van der Waals surface area (Å²) in [6, 6.07) is 0. The Kier molecular flexibility index (Phi) is 189. The van der Waals surface area contributed by atoms with Crippen LogP contribution in [0.25, 0.3) is 0 Å². The Morgan fingerprint density at radius 2 is 0.313 bits per heavy atom. The van der Waals surface area contributed by atoms with Gasteiger partial charge in [-0.2, -0.15) is 0 Å². The zero-order valence-electron chi connectivity index (χ0n) is 87.7. The molecule has 16 N–H and O–H groups in total. The molecule has 0 rings (SSSR count). The molecule has 0 unspecified atom stereocenters. The summed E-state index contributed by atoms with van der Waals surface area (Å²) in [6.45, 7) is 82.2. The van der Waals surface area contributed by atoms with Crippen LogP contribution >= 0.6 is 0 Å². The Morgan fingerprint density at radius 1 is 0.168 bits per heavy atom. The van der Waals surface area contributed by atoms with E-state index in [9.17, 15) is 19.2 Å². The van der Waals surface area contributed by atoms with E-state index in [0.717, 1.165) is 301 Å². The zero-order chi connectivity index (χ0) is 101. The van der Waals surface area contributed by atoms with Crippen molar-refractivity contribution in [2.45, 2.75) is 288 Å². The van der Waals surface area contributed by atoms with Gasteiger partial charge in [0.05, 0.1) is 26.4 Å². The van der Waals surface area contributed by atoms with Gasteiger partial charge in [0, 0.05) is 91.5 Å². The second-order valence-electron chi connectivity index (χ2n) is 27.3. The van der Waals surface area contributed by atoms with Gasteiger partial charge in [0.2, 0.25) is 23.6 Å². The van der Waals surface area contributed by atoms with Crippen LogP contribution in [-0.2, 0) is 192 Å². The first-order valence-electron chi connectivity index (χ1n) is 49.5. The third-order valence-corrected chi connectivity index (χ3v) is 19.9. The molecule has 0 saturated carbocycles. The number of rotatable bonds is 81. The summed E-state index contributed by atoms with van der Waals surface area (Å²) in [5.41, 5.74) is 0. The van der Waals surface area contributed by atoms with E-state index < -0.39 is 0 Å². The van der Waals surface area contributed by atoms with E-state index in [2.05, 4.69) is 210 Å². The van der Waals surface area contributed by atoms with Crippen molar-refractivity contribution in [3.8, 4) is 0 Å². The molecule has 4 amide bonds. The Morgan fingerprint density at radius 3 is 0.496 bits per heavy atom. The molecule has 0 aliphatic rings. The number of carbonyl (C=O) groups excluding carboxylic acids is 4. The second-order valence-corrected chi connectivity index (χ2v) is 36.1. The molecule has 0 heterocycles. The number of hydrogen-bond donors (Lipinski definition) is 16. The summed E-state index contributed by atoms with van der Waals surface area (Å²) in [5.74, 6) is 0.322. The molecule has 0 radical (unpaired) electrons. The van der Waals surface area contributed by atoms with E-state index >= 15 is 0 Å². The van der Waals surface area contributed by atoms with Crippen molar-refractivity contribution in [3.63, 3.8) is 0 Å². The van der Waals surface area contributed by atoms with Crippen LogP contribution in [0.5, 0.6) is 0 Å². The minimum absolute atomic E-state index is 0.0335. The fourth-order valence-electron chi connectivity index (χ4n) is 7.71. The SMILES string of the molecule is CCC.CCCCOCCN[C](=[W])NCCOCCC.CCCOCCC.CCCOCCC(=O)NCC.CCCOCCNC(=O)CC.CCCOCCNC(=O)CCOCCC.CCCOCCN[C](=[W])NCC.CCCOCCN[C](=[W])NCC.CCCOCCN[C](=[W])NCC.CCCOCCN[C](=[W])NCCOCCC.CCNC(=O)CC.CCN[C](=[W])NCC. The normalized spacial score (nSPS) is 9.92. The van der Waals surface area contributed by atoms with E-state index in [1.54, 1.807) is 0 Å². The van der Waals surface area contributed by atoms with Gasteiger partial charge in [-0.3, -0.25) is 19.2 Å². The van der Waals surface area contributed by atoms with E-state index in [1.165, 1.54) is 154 Å². The summed E-state index contributed by atoms with van der Waals surface area (Å²) in [4.78, 5) is 43.0. The van der Waals surface area contributed by atoms with Gasteiger partial charge in [-0.05, 0) is 52.4 Å². The van der Waals surface area contributed by atoms with Crippen molar-refractivity contribution in [2.75, 3.05) is 263 Å². The van der Waals surface area contributed by atoms with E-state index in [1.807, 2.05) is 41.5 Å². The van der Waals surface area contributed by atoms with E-state index in [4.69, 9.17) is 56.8 Å². The average molecular weight is 2910 g/mol. The van der Waals surface area contributed by atoms with Crippen molar-refractivity contribution in [1.82, 2.24) is 85.1 Å². The van der Waals surface area contributed by atoms with Gasteiger partial charge < -0.3 is 45.0 Å². The maximum absolute atomic E-state index is 11.2. The topological polar surface area (TPSA) is 372 Å². The number of amides is 4. The molecule has 0 atom stereocenters. The average Bonchev–Trinajstić information content (AvgIpc) is 1.07. The van der Waals surface area contributed by atoms with Crippen molar-refractivity contribution in [2.24, 2.45) is 0 Å². The number of carbonyl (C=O) groups is 4. The van der Waals surface area contributed by atoms with Crippen molar-refractivity contribution in [1.29, 1.82) is 0 Å². The third-order valence-electron chi connectivity index (χ3n) is 13.7. The van der Waals surface area contributed by atoms with Gasteiger partial charge in [-0.15, -0.1) is 0 Å². The monoisotopic (exact) mass is 2910 g/mol. The molecule has 0 aliphatic heterocycles. The number of hydrogen-bond acceptors (Lipinski definition) is 28. The van der Waals surface area contributed by atoms with Crippen LogP contribution < -0.4 is 85.1 Å². The zero-order valence-corrected chi connectivity index (χ0v) is 105. The van der Waals surface area contributed by atoms with Crippen LogP contribution in [0.4, 0.5) is 0 Å². The maximum atomic E-state index is 11.2. The van der Waals surface area contributed by atoms with Crippen LogP contribution in [0.3, 0.4) is 0 Å². The Labute approximate surface area is 869 Å². The molecule has 0 aliphatic carbocycles. The first kappa shape index (κ1) is 157. The van der Waals surface area contributed by atoms with Gasteiger partial charge in [-0.25, -0.2) is 0 Å². The summed E-state index contributed by atoms with van der Waals surface area (Å²) in [7, 11) is 0. The minimum atomic E-state index is 0.0335. The molecule has 131 heavy (non-hydrogen) atoms. The fourth-order valence-corrected chi connectivity index (χ4v) is 12.9. The predicted molar refractivity (Wildman–Crippen MR) is 532 cm³/mol. The molecule has 0 aromatic carbocycles. The number of unbranched alkanes of at least 4 members (excludes halogenated alkanes) is 1. The summed E-state index contributed by atoms with van der Waals surface area (Å²) in [5, 5.41) is 49.9. The van der Waals surface area contributed by atoms with Crippen molar-refractivity contribution < 1.29 is 192 Å². The van der Waals surface area contributed by atoms with Gasteiger partial charge in [-0.1, -0.05) is 75.7 Å². The quantitative estimate of drug-likeness (QED) is 0.0252. The molecule has 0 saturated heterocycles. The Hall–Kier alpha value is 0.270. The molecular weight excluding hydrogens is 2700 g/mol. The van der Waals surface area contributed by atoms with E-state index in [0.29, 0.717) is 71.7 Å². The van der Waals surface area contributed by atoms with Gasteiger partial charge >= 0.3 is 543 Å². The molecule has 38 heteroatoms. The summed E-state index contributed by atoms with van der Waals surface area (Å²) in [6.07, 6.45) is 18.5. The third kappa shape index (κ3) is 193. The Balaban J connectivity index is -0.000000120. The van der Waals surface area contributed by atoms with Crippen LogP contribution in [0.1, 0.15) is 288 Å². The molecule has 0 spiro atoms. The molecule has 0 aromatic rings. The number of ether oxygens (including phenoxy) is 12. The van der Waals surface area contributed by atoms with Crippen LogP contribution in [0.2, 0.25) is 0 Å². The first-order valence-corrected chi connectivity index (χ1v) is 58.3. The number of nitrogens with one attached hydrogen (secondary N) is 16. The first-order chi connectivity index (χ1) is 63.4. The van der Waals surface area contributed by atoms with Crippen molar-refractivity contribution in [3.05, 3.63) is 0 Å². The molecule has 32 nitrogen and oxygen atoms in total. The fraction of sp³-hybridized carbons (Fsp3) is 0.892. The molecule has 0 bridgehead atoms. The summed E-state index contributed by atoms with van der Waals surface area (Å²) < 4.78 is 70.6. The second kappa shape index (κ2) is 158. The van der Waals surface area contributed by atoms with Crippen LogP contribution in [0.15, 0.2) is 0 Å². The molecule has 790 valence electrons. The summed E-state index contributed by atoms with van der Waals surface area (Å²) >= 11 is 8.65. The molecule has 0 aromatic heterocycles. The standard InChI is InChI=1S/C12H26N2O2.C11H24N2O2.C11H23NO3.3C8H18N2O.2C8H17NO2.C6H14O.C5H12N2.C5H11NO.C3H8.6W/c1-3-5-9-16-11-7-14-12-13-6-10-15-8-4-2;1-3-7-14-9-5-12-11-13-6-10-15-8-4-2;1-3-7-14-9-5-11(13)12-6-10-15-8-4-2;3*1-3-6-11-7-5-10-8-9-4-2;1-3-6-11-7-5-8(10)9-4-2;1-3-6-11-7-5-9-8(10)4-2;1-3-5-7-6-4-2;1-3-6-5-7-4-2;1-3-5(7)6-4-2;1-3-2;;;;;;/h13-14H,3-11H2,1-2H3;12-13H,3-10H2,1-2H3;3-10H2,1-2H3,(H,12,13);3*9-10H,3-7H2,1-2H3;2*3-7H2,1-2H3,(H,9,10);3-6H2,1-2H3;6-7H,3-4H2,1-2H3;3-4H2,1-2H3,(H,6,7);3H2,1-2H3;;;;;;. The van der Waals surface area contributed by atoms with Crippen LogP contribution in [-0.4, -0.2) is 312 Å². The van der Waals surface area contributed by atoms with Crippen LogP contribution in [0, 0.1) is 0 Å². The van der Waals surface area contributed by atoms with Crippen molar-refractivity contribution >= 4 is 48.5 Å². The predicted octanol–water partition coefficient (Wildman–Crippen LogP) is 9.27.